The third-order valence-electron chi connectivity index (χ3n) is 5.31. The Bertz CT molecular complexity index is 835. The molecule has 0 saturated carbocycles. The Morgan fingerprint density at radius 1 is 1.43 bits per heavy atom. The van der Waals surface area contributed by atoms with Gasteiger partial charge in [-0.15, -0.1) is 0 Å². The number of ether oxygens (including phenoxy) is 2. The Morgan fingerprint density at radius 2 is 2.27 bits per heavy atom. The van der Waals surface area contributed by atoms with E-state index in [4.69, 9.17) is 14.5 Å². The lowest BCUT2D eigenvalue weighted by atomic mass is 10.1. The number of morpholine rings is 1. The van der Waals surface area contributed by atoms with E-state index in [9.17, 15) is 0 Å². The Hall–Kier alpha value is -2.58. The highest BCUT2D eigenvalue weighted by molar-refractivity contribution is 5.80. The number of nitrogens with one attached hydrogen (secondary N) is 1. The summed E-state index contributed by atoms with van der Waals surface area (Å²) in [6.07, 6.45) is 3.89. The molecule has 0 spiro atoms. The summed E-state index contributed by atoms with van der Waals surface area (Å²) in [5.74, 6) is 1.78. The van der Waals surface area contributed by atoms with Crippen LogP contribution in [-0.2, 0) is 11.8 Å². The molecule has 164 valence electrons. The smallest absolute Gasteiger partial charge is 0.194 e. The first kappa shape index (κ1) is 22.1. The highest BCUT2D eigenvalue weighted by atomic mass is 16.5. The fourth-order valence-corrected chi connectivity index (χ4v) is 3.66. The van der Waals surface area contributed by atoms with Crippen LogP contribution in [-0.4, -0.2) is 79.5 Å². The van der Waals surface area contributed by atoms with Crippen molar-refractivity contribution >= 4 is 5.96 Å². The second-order valence-electron chi connectivity index (χ2n) is 7.70. The topological polar surface area (TPSA) is 67.2 Å². The summed E-state index contributed by atoms with van der Waals surface area (Å²) in [7, 11) is 7.79. The van der Waals surface area contributed by atoms with Crippen LogP contribution in [0.25, 0.3) is 0 Å². The van der Waals surface area contributed by atoms with E-state index in [0.717, 1.165) is 36.9 Å². The summed E-state index contributed by atoms with van der Waals surface area (Å²) < 4.78 is 13.2. The van der Waals surface area contributed by atoms with Gasteiger partial charge < -0.3 is 24.6 Å². The molecule has 2 atom stereocenters. The fraction of sp³-hybridized carbons (Fsp3) is 0.545. The predicted octanol–water partition coefficient (Wildman–Crippen LogP) is 2.07. The van der Waals surface area contributed by atoms with Crippen LogP contribution in [0.5, 0.6) is 5.75 Å². The normalized spacial score (nSPS) is 18.5. The van der Waals surface area contributed by atoms with Gasteiger partial charge in [0, 0.05) is 31.9 Å². The zero-order valence-corrected chi connectivity index (χ0v) is 18.7. The molecule has 8 nitrogen and oxygen atoms in total. The average molecular weight is 415 g/mol. The zero-order chi connectivity index (χ0) is 21.5. The number of aryl methyl sites for hydroxylation is 1. The molecule has 2 unspecified atom stereocenters. The molecule has 0 bridgehead atoms. The number of hydrogen-bond acceptors (Lipinski definition) is 5. The van der Waals surface area contributed by atoms with Gasteiger partial charge in [-0.25, -0.2) is 0 Å². The van der Waals surface area contributed by atoms with Crippen molar-refractivity contribution < 1.29 is 9.47 Å². The SMILES string of the molecule is CCNC(=NCC(c1cccc(OC)c1)N(C)C)N1CCOC(c2cnn(C)c2)C1. The quantitative estimate of drug-likeness (QED) is 0.553. The molecule has 1 aromatic carbocycles. The van der Waals surface area contributed by atoms with Crippen LogP contribution >= 0.6 is 0 Å². The molecule has 1 aliphatic rings. The largest absolute Gasteiger partial charge is 0.497 e. The molecule has 0 amide bonds. The number of rotatable bonds is 7. The summed E-state index contributed by atoms with van der Waals surface area (Å²) in [6.45, 7) is 5.80. The van der Waals surface area contributed by atoms with Gasteiger partial charge in [0.1, 0.15) is 11.9 Å². The second kappa shape index (κ2) is 10.4. The van der Waals surface area contributed by atoms with Crippen molar-refractivity contribution in [3.63, 3.8) is 0 Å². The summed E-state index contributed by atoms with van der Waals surface area (Å²) in [6, 6.07) is 8.36. The molecule has 1 fully saturated rings. The molecule has 1 N–H and O–H groups in total. The van der Waals surface area contributed by atoms with Crippen LogP contribution in [0.1, 0.15) is 30.2 Å². The molecule has 0 aliphatic carbocycles. The van der Waals surface area contributed by atoms with Gasteiger partial charge in [0.15, 0.2) is 5.96 Å². The van der Waals surface area contributed by atoms with E-state index in [1.54, 1.807) is 7.11 Å². The number of methoxy groups -OCH3 is 1. The number of likely N-dealkylation sites (N-methyl/N-ethyl adjacent to an activating group) is 1. The van der Waals surface area contributed by atoms with E-state index in [-0.39, 0.29) is 12.1 Å². The summed E-state index contributed by atoms with van der Waals surface area (Å²) in [5, 5.41) is 7.74. The van der Waals surface area contributed by atoms with Gasteiger partial charge in [-0.3, -0.25) is 9.67 Å². The van der Waals surface area contributed by atoms with E-state index >= 15 is 0 Å². The van der Waals surface area contributed by atoms with E-state index < -0.39 is 0 Å². The highest BCUT2D eigenvalue weighted by Gasteiger charge is 2.25. The maximum Gasteiger partial charge on any atom is 0.194 e. The molecule has 1 aliphatic heterocycles. The number of aliphatic imine (C=N–C) groups is 1. The van der Waals surface area contributed by atoms with Crippen LogP contribution in [0, 0.1) is 0 Å². The van der Waals surface area contributed by atoms with Crippen molar-refractivity contribution in [2.75, 3.05) is 54.0 Å². The third kappa shape index (κ3) is 5.52. The van der Waals surface area contributed by atoms with Gasteiger partial charge in [-0.2, -0.15) is 5.10 Å². The maximum absolute atomic E-state index is 5.99. The number of aromatic nitrogens is 2. The molecule has 3 rings (SSSR count). The first-order valence-corrected chi connectivity index (χ1v) is 10.5. The summed E-state index contributed by atoms with van der Waals surface area (Å²) in [5.41, 5.74) is 2.29. The number of nitrogens with zero attached hydrogens (tertiary/aromatic N) is 5. The molecular weight excluding hydrogens is 380 g/mol. The van der Waals surface area contributed by atoms with E-state index in [1.807, 2.05) is 36.3 Å². The second-order valence-corrected chi connectivity index (χ2v) is 7.70. The lowest BCUT2D eigenvalue weighted by molar-refractivity contribution is -0.00807. The Kier molecular flexibility index (Phi) is 7.70. The van der Waals surface area contributed by atoms with Gasteiger partial charge in [-0.1, -0.05) is 12.1 Å². The average Bonchev–Trinajstić information content (AvgIpc) is 3.19. The van der Waals surface area contributed by atoms with E-state index in [2.05, 4.69) is 53.4 Å². The molecule has 8 heteroatoms. The first-order chi connectivity index (χ1) is 14.5. The van der Waals surface area contributed by atoms with Gasteiger partial charge in [0.25, 0.3) is 0 Å². The number of guanidine groups is 1. The van der Waals surface area contributed by atoms with Crippen LogP contribution in [0.3, 0.4) is 0 Å². The van der Waals surface area contributed by atoms with Crippen molar-refractivity contribution in [2.24, 2.45) is 12.0 Å². The maximum atomic E-state index is 5.99. The van der Waals surface area contributed by atoms with Gasteiger partial charge >= 0.3 is 0 Å². The zero-order valence-electron chi connectivity index (χ0n) is 18.7. The fourth-order valence-electron chi connectivity index (χ4n) is 3.66. The van der Waals surface area contributed by atoms with Crippen molar-refractivity contribution in [3.8, 4) is 5.75 Å². The molecule has 2 aromatic rings. The van der Waals surface area contributed by atoms with Crippen molar-refractivity contribution in [2.45, 2.75) is 19.1 Å². The molecular formula is C22H34N6O2. The minimum atomic E-state index is -0.000615. The molecule has 1 saturated heterocycles. The first-order valence-electron chi connectivity index (χ1n) is 10.5. The monoisotopic (exact) mass is 414 g/mol. The molecule has 0 radical (unpaired) electrons. The number of benzene rings is 1. The standard InChI is InChI=1S/C22H34N6O2/c1-6-23-22(28-10-11-30-21(16-28)18-13-25-27(4)15-18)24-14-20(26(2)3)17-8-7-9-19(12-17)29-5/h7-9,12-13,15,20-21H,6,10-11,14,16H2,1-5H3,(H,23,24). The predicted molar refractivity (Wildman–Crippen MR) is 119 cm³/mol. The summed E-state index contributed by atoms with van der Waals surface area (Å²) in [4.78, 5) is 9.47. The van der Waals surface area contributed by atoms with Crippen LogP contribution < -0.4 is 10.1 Å². The van der Waals surface area contributed by atoms with Gasteiger partial charge in [0.05, 0.1) is 39.0 Å². The highest BCUT2D eigenvalue weighted by Crippen LogP contribution is 2.24. The minimum Gasteiger partial charge on any atom is -0.497 e. The van der Waals surface area contributed by atoms with E-state index in [0.29, 0.717) is 13.2 Å². The molecule has 2 heterocycles. The number of hydrogen-bond donors (Lipinski definition) is 1. The Balaban J connectivity index is 1.76. The van der Waals surface area contributed by atoms with Crippen molar-refractivity contribution in [1.82, 2.24) is 24.9 Å². The lowest BCUT2D eigenvalue weighted by Gasteiger charge is -2.35. The minimum absolute atomic E-state index is 0.000615. The Labute approximate surface area is 179 Å². The molecule has 1 aromatic heterocycles. The van der Waals surface area contributed by atoms with Crippen LogP contribution in [0.4, 0.5) is 0 Å². The summed E-state index contributed by atoms with van der Waals surface area (Å²) >= 11 is 0. The van der Waals surface area contributed by atoms with E-state index in [1.165, 1.54) is 5.56 Å². The molecule has 30 heavy (non-hydrogen) atoms. The van der Waals surface area contributed by atoms with Gasteiger partial charge in [-0.05, 0) is 38.7 Å². The van der Waals surface area contributed by atoms with Crippen molar-refractivity contribution in [3.05, 3.63) is 47.8 Å². The third-order valence-corrected chi connectivity index (χ3v) is 5.31. The van der Waals surface area contributed by atoms with Crippen molar-refractivity contribution in [1.29, 1.82) is 0 Å². The van der Waals surface area contributed by atoms with Crippen LogP contribution in [0.15, 0.2) is 41.7 Å². The lowest BCUT2D eigenvalue weighted by Crippen LogP contribution is -2.48. The van der Waals surface area contributed by atoms with Gasteiger partial charge in [0.2, 0.25) is 0 Å². The van der Waals surface area contributed by atoms with Crippen LogP contribution in [0.2, 0.25) is 0 Å². The Morgan fingerprint density at radius 3 is 2.93 bits per heavy atom.